The fraction of sp³-hybridized carbons (Fsp3) is 0.647. The van der Waals surface area contributed by atoms with E-state index in [9.17, 15) is 0 Å². The maximum atomic E-state index is 3.36. The lowest BCUT2D eigenvalue weighted by Gasteiger charge is -2.27. The zero-order valence-electron chi connectivity index (χ0n) is 13.4. The number of hydrogen-bond donors (Lipinski definition) is 1. The van der Waals surface area contributed by atoms with Gasteiger partial charge in [-0.15, -0.1) is 0 Å². The van der Waals surface area contributed by atoms with Crippen LogP contribution in [0, 0.1) is 0 Å². The zero-order chi connectivity index (χ0) is 14.6. The average molecular weight is 277 g/mol. The summed E-state index contributed by atoms with van der Waals surface area (Å²) in [6.07, 6.45) is 0. The molecule has 20 heavy (non-hydrogen) atoms. The van der Waals surface area contributed by atoms with Gasteiger partial charge in [0.1, 0.15) is 0 Å². The molecule has 0 aliphatic carbocycles. The van der Waals surface area contributed by atoms with Crippen molar-refractivity contribution in [2.75, 3.05) is 45.8 Å². The summed E-state index contributed by atoms with van der Waals surface area (Å²) in [5.41, 5.74) is 1.42. The minimum atomic E-state index is 1.10. The van der Waals surface area contributed by atoms with Gasteiger partial charge in [0.05, 0.1) is 0 Å². The minimum absolute atomic E-state index is 1.10. The van der Waals surface area contributed by atoms with Gasteiger partial charge >= 0.3 is 0 Å². The Kier molecular flexibility index (Phi) is 9.29. The highest BCUT2D eigenvalue weighted by atomic mass is 15.2. The van der Waals surface area contributed by atoms with Gasteiger partial charge in [-0.2, -0.15) is 0 Å². The van der Waals surface area contributed by atoms with E-state index >= 15 is 0 Å². The first-order chi connectivity index (χ1) is 9.80. The molecule has 3 heteroatoms. The number of rotatable bonds is 5. The summed E-state index contributed by atoms with van der Waals surface area (Å²) >= 11 is 0. The summed E-state index contributed by atoms with van der Waals surface area (Å²) in [5, 5.41) is 3.36. The second-order valence-corrected chi connectivity index (χ2v) is 5.13. The second kappa shape index (κ2) is 10.8. The molecule has 2 rings (SSSR count). The maximum absolute atomic E-state index is 3.36. The van der Waals surface area contributed by atoms with E-state index in [2.05, 4.69) is 66.2 Å². The highest BCUT2D eigenvalue weighted by molar-refractivity contribution is 5.14. The first kappa shape index (κ1) is 17.2. The summed E-state index contributed by atoms with van der Waals surface area (Å²) in [6, 6.07) is 10.7. The van der Waals surface area contributed by atoms with Gasteiger partial charge in [-0.1, -0.05) is 51.1 Å². The summed E-state index contributed by atoms with van der Waals surface area (Å²) in [7, 11) is 0. The molecule has 0 unspecified atom stereocenters. The third kappa shape index (κ3) is 7.04. The molecule has 1 heterocycles. The molecule has 3 nitrogen and oxygen atoms in total. The lowest BCUT2D eigenvalue weighted by atomic mass is 10.2. The van der Waals surface area contributed by atoms with Gasteiger partial charge in [-0.05, 0) is 25.2 Å². The van der Waals surface area contributed by atoms with Gasteiger partial charge in [-0.3, -0.25) is 4.90 Å². The van der Waals surface area contributed by atoms with E-state index in [0.29, 0.717) is 0 Å². The molecular weight excluding hydrogens is 246 g/mol. The van der Waals surface area contributed by atoms with Crippen LogP contribution >= 0.6 is 0 Å². The minimum Gasteiger partial charge on any atom is -0.314 e. The Morgan fingerprint density at radius 3 is 1.95 bits per heavy atom. The van der Waals surface area contributed by atoms with Crippen molar-refractivity contribution < 1.29 is 0 Å². The Bertz CT molecular complexity index is 311. The van der Waals surface area contributed by atoms with Crippen molar-refractivity contribution >= 4 is 0 Å². The lowest BCUT2D eigenvalue weighted by molar-refractivity contribution is 0.233. The predicted molar refractivity (Wildman–Crippen MR) is 88.1 cm³/mol. The highest BCUT2D eigenvalue weighted by Gasteiger charge is 2.08. The molecule has 1 aliphatic heterocycles. The predicted octanol–water partition coefficient (Wildman–Crippen LogP) is 2.44. The molecule has 114 valence electrons. The average Bonchev–Trinajstić information content (AvgIpc) is 2.52. The van der Waals surface area contributed by atoms with Gasteiger partial charge in [-0.25, -0.2) is 0 Å². The molecule has 0 aromatic heterocycles. The quantitative estimate of drug-likeness (QED) is 0.892. The Morgan fingerprint density at radius 2 is 1.50 bits per heavy atom. The number of piperazine rings is 1. The van der Waals surface area contributed by atoms with Gasteiger partial charge in [0, 0.05) is 32.7 Å². The van der Waals surface area contributed by atoms with Crippen LogP contribution in [0.2, 0.25) is 0 Å². The van der Waals surface area contributed by atoms with Crippen LogP contribution < -0.4 is 5.32 Å². The van der Waals surface area contributed by atoms with E-state index in [1.54, 1.807) is 0 Å². The first-order valence-corrected chi connectivity index (χ1v) is 7.99. The molecule has 1 fully saturated rings. The maximum Gasteiger partial charge on any atom is 0.0234 e. The molecule has 0 atom stereocenters. The third-order valence-corrected chi connectivity index (χ3v) is 3.80. The molecule has 1 saturated heterocycles. The van der Waals surface area contributed by atoms with E-state index in [1.807, 2.05) is 0 Å². The summed E-state index contributed by atoms with van der Waals surface area (Å²) < 4.78 is 0. The summed E-state index contributed by atoms with van der Waals surface area (Å²) in [6.45, 7) is 15.8. The van der Waals surface area contributed by atoms with Crippen molar-refractivity contribution in [3.63, 3.8) is 0 Å². The fourth-order valence-electron chi connectivity index (χ4n) is 2.38. The Labute approximate surface area is 125 Å². The molecule has 0 radical (unpaired) electrons. The fourth-order valence-corrected chi connectivity index (χ4v) is 2.38. The van der Waals surface area contributed by atoms with Crippen LogP contribution in [-0.4, -0.2) is 55.6 Å². The van der Waals surface area contributed by atoms with Gasteiger partial charge in [0.15, 0.2) is 0 Å². The number of nitrogens with zero attached hydrogens (tertiary/aromatic N) is 2. The van der Waals surface area contributed by atoms with Crippen molar-refractivity contribution in [3.8, 4) is 0 Å². The lowest BCUT2D eigenvalue weighted by Crippen LogP contribution is -2.42. The van der Waals surface area contributed by atoms with Crippen molar-refractivity contribution in [2.45, 2.75) is 27.3 Å². The second-order valence-electron chi connectivity index (χ2n) is 5.13. The molecule has 1 aliphatic rings. The van der Waals surface area contributed by atoms with Gasteiger partial charge < -0.3 is 10.2 Å². The number of nitrogens with one attached hydrogen (secondary N) is 1. The molecule has 1 N–H and O–H groups in total. The Morgan fingerprint density at radius 1 is 0.950 bits per heavy atom. The van der Waals surface area contributed by atoms with E-state index in [1.165, 1.54) is 38.3 Å². The Balaban J connectivity index is 0.000000246. The van der Waals surface area contributed by atoms with Crippen molar-refractivity contribution in [2.24, 2.45) is 0 Å². The standard InChI is InChI=1S/C11H16N2.C6H15N/c1-2-4-11(5-3-1)10-13-8-6-12-7-9-13;1-4-7(5-2)6-3/h1-5,12H,6-10H2;4-6H2,1-3H3. The zero-order valence-corrected chi connectivity index (χ0v) is 13.4. The number of benzene rings is 1. The van der Waals surface area contributed by atoms with Crippen LogP contribution in [-0.2, 0) is 6.54 Å². The van der Waals surface area contributed by atoms with Crippen LogP contribution in [0.1, 0.15) is 26.3 Å². The molecule has 0 spiro atoms. The van der Waals surface area contributed by atoms with Crippen LogP contribution in [0.3, 0.4) is 0 Å². The van der Waals surface area contributed by atoms with Crippen LogP contribution in [0.5, 0.6) is 0 Å². The van der Waals surface area contributed by atoms with Crippen LogP contribution in [0.25, 0.3) is 0 Å². The van der Waals surface area contributed by atoms with Crippen LogP contribution in [0.15, 0.2) is 30.3 Å². The smallest absolute Gasteiger partial charge is 0.0234 e. The summed E-state index contributed by atoms with van der Waals surface area (Å²) in [5.74, 6) is 0. The van der Waals surface area contributed by atoms with E-state index in [-0.39, 0.29) is 0 Å². The van der Waals surface area contributed by atoms with Gasteiger partial charge in [0.2, 0.25) is 0 Å². The largest absolute Gasteiger partial charge is 0.314 e. The first-order valence-electron chi connectivity index (χ1n) is 7.99. The molecule has 0 bridgehead atoms. The van der Waals surface area contributed by atoms with Crippen molar-refractivity contribution in [3.05, 3.63) is 35.9 Å². The van der Waals surface area contributed by atoms with Crippen molar-refractivity contribution in [1.29, 1.82) is 0 Å². The van der Waals surface area contributed by atoms with E-state index < -0.39 is 0 Å². The topological polar surface area (TPSA) is 18.5 Å². The SMILES string of the molecule is CCN(CC)CC.c1ccc(CN2CCNCC2)cc1. The number of hydrogen-bond acceptors (Lipinski definition) is 3. The Hall–Kier alpha value is -0.900. The molecular formula is C17H31N3. The van der Waals surface area contributed by atoms with Crippen LogP contribution in [0.4, 0.5) is 0 Å². The molecule has 0 amide bonds. The highest BCUT2D eigenvalue weighted by Crippen LogP contribution is 2.04. The third-order valence-electron chi connectivity index (χ3n) is 3.80. The van der Waals surface area contributed by atoms with E-state index in [4.69, 9.17) is 0 Å². The monoisotopic (exact) mass is 277 g/mol. The molecule has 0 saturated carbocycles. The molecule has 1 aromatic rings. The normalized spacial score (nSPS) is 15.8. The summed E-state index contributed by atoms with van der Waals surface area (Å²) in [4.78, 5) is 4.87. The molecule has 1 aromatic carbocycles. The van der Waals surface area contributed by atoms with E-state index in [0.717, 1.165) is 19.6 Å². The van der Waals surface area contributed by atoms with Gasteiger partial charge in [0.25, 0.3) is 0 Å². The van der Waals surface area contributed by atoms with Crippen molar-refractivity contribution in [1.82, 2.24) is 15.1 Å².